The van der Waals surface area contributed by atoms with Gasteiger partial charge in [0.1, 0.15) is 5.82 Å². The summed E-state index contributed by atoms with van der Waals surface area (Å²) in [6.45, 7) is 0. The fraction of sp³-hybridized carbons (Fsp3) is 0.0625. The van der Waals surface area contributed by atoms with Gasteiger partial charge in [0.15, 0.2) is 0 Å². The van der Waals surface area contributed by atoms with Gasteiger partial charge in [-0.25, -0.2) is 9.18 Å². The van der Waals surface area contributed by atoms with Gasteiger partial charge in [-0.2, -0.15) is 0 Å². The number of carboxylic acids is 1. The Morgan fingerprint density at radius 2 is 2.10 bits per heavy atom. The standard InChI is InChI=1S/C16H12ClFO2S/c17-13-2-1-3-15(9-13)21-10-12-4-6-14(18)8-11(12)5-7-16(19)20/h1-9H,10H2,(H,19,20). The van der Waals surface area contributed by atoms with E-state index in [0.717, 1.165) is 16.5 Å². The Kier molecular flexibility index (Phi) is 5.42. The molecule has 0 radical (unpaired) electrons. The molecule has 2 aromatic rings. The summed E-state index contributed by atoms with van der Waals surface area (Å²) in [6, 6.07) is 11.8. The summed E-state index contributed by atoms with van der Waals surface area (Å²) in [7, 11) is 0. The third kappa shape index (κ3) is 4.92. The van der Waals surface area contributed by atoms with Crippen LogP contribution in [-0.4, -0.2) is 11.1 Å². The van der Waals surface area contributed by atoms with Crippen LogP contribution in [0.5, 0.6) is 0 Å². The first kappa shape index (κ1) is 15.6. The van der Waals surface area contributed by atoms with Gasteiger partial charge in [-0.05, 0) is 47.5 Å². The fourth-order valence-electron chi connectivity index (χ4n) is 1.73. The second-order valence-electron chi connectivity index (χ2n) is 4.26. The average Bonchev–Trinajstić information content (AvgIpc) is 2.44. The molecule has 0 aliphatic rings. The number of carboxylic acid groups (broad SMARTS) is 1. The maximum atomic E-state index is 13.3. The minimum Gasteiger partial charge on any atom is -0.478 e. The molecule has 1 N–H and O–H groups in total. The van der Waals surface area contributed by atoms with Crippen LogP contribution in [0.1, 0.15) is 11.1 Å². The smallest absolute Gasteiger partial charge is 0.328 e. The second-order valence-corrected chi connectivity index (χ2v) is 5.75. The van der Waals surface area contributed by atoms with Gasteiger partial charge in [0.05, 0.1) is 0 Å². The van der Waals surface area contributed by atoms with Gasteiger partial charge in [-0.3, -0.25) is 0 Å². The van der Waals surface area contributed by atoms with Crippen molar-refractivity contribution in [1.82, 2.24) is 0 Å². The minimum atomic E-state index is -1.06. The van der Waals surface area contributed by atoms with Crippen molar-refractivity contribution in [3.8, 4) is 0 Å². The highest BCUT2D eigenvalue weighted by molar-refractivity contribution is 7.98. The normalized spacial score (nSPS) is 11.0. The minimum absolute atomic E-state index is 0.392. The van der Waals surface area contributed by atoms with E-state index in [-0.39, 0.29) is 0 Å². The maximum absolute atomic E-state index is 13.3. The molecule has 0 aliphatic heterocycles. The van der Waals surface area contributed by atoms with Gasteiger partial charge in [0.25, 0.3) is 0 Å². The highest BCUT2D eigenvalue weighted by Crippen LogP contribution is 2.27. The lowest BCUT2D eigenvalue weighted by Gasteiger charge is -2.07. The van der Waals surface area contributed by atoms with Gasteiger partial charge < -0.3 is 5.11 Å². The number of aliphatic carboxylic acids is 1. The van der Waals surface area contributed by atoms with Crippen LogP contribution in [0.2, 0.25) is 5.02 Å². The van der Waals surface area contributed by atoms with E-state index in [4.69, 9.17) is 16.7 Å². The largest absolute Gasteiger partial charge is 0.478 e. The van der Waals surface area contributed by atoms with Gasteiger partial charge in [-0.15, -0.1) is 11.8 Å². The molecule has 0 saturated carbocycles. The first-order valence-electron chi connectivity index (χ1n) is 6.12. The predicted molar refractivity (Wildman–Crippen MR) is 84.1 cm³/mol. The number of hydrogen-bond acceptors (Lipinski definition) is 2. The van der Waals surface area contributed by atoms with Gasteiger partial charge in [-0.1, -0.05) is 23.7 Å². The van der Waals surface area contributed by atoms with E-state index < -0.39 is 11.8 Å². The summed E-state index contributed by atoms with van der Waals surface area (Å²) in [5, 5.41) is 9.33. The summed E-state index contributed by atoms with van der Waals surface area (Å²) >= 11 is 7.48. The monoisotopic (exact) mass is 322 g/mol. The number of rotatable bonds is 5. The van der Waals surface area contributed by atoms with Crippen LogP contribution in [-0.2, 0) is 10.5 Å². The number of carbonyl (C=O) groups is 1. The second kappa shape index (κ2) is 7.29. The number of halogens is 2. The highest BCUT2D eigenvalue weighted by atomic mass is 35.5. The highest BCUT2D eigenvalue weighted by Gasteiger charge is 2.04. The molecule has 2 nitrogen and oxygen atoms in total. The lowest BCUT2D eigenvalue weighted by atomic mass is 10.1. The number of thioether (sulfide) groups is 1. The van der Waals surface area contributed by atoms with E-state index in [0.29, 0.717) is 16.3 Å². The summed E-state index contributed by atoms with van der Waals surface area (Å²) in [4.78, 5) is 11.6. The summed E-state index contributed by atoms with van der Waals surface area (Å²) < 4.78 is 13.3. The zero-order valence-corrected chi connectivity index (χ0v) is 12.5. The van der Waals surface area contributed by atoms with Crippen molar-refractivity contribution in [2.75, 3.05) is 0 Å². The molecule has 108 valence electrons. The fourth-order valence-corrected chi connectivity index (χ4v) is 2.96. The van der Waals surface area contributed by atoms with Crippen molar-refractivity contribution in [1.29, 1.82) is 0 Å². The molecule has 0 heterocycles. The van der Waals surface area contributed by atoms with Crippen LogP contribution >= 0.6 is 23.4 Å². The molecular formula is C16H12ClFO2S. The lowest BCUT2D eigenvalue weighted by Crippen LogP contribution is -1.91. The zero-order chi connectivity index (χ0) is 15.2. The summed E-state index contributed by atoms with van der Waals surface area (Å²) in [5.74, 6) is -0.857. The molecule has 0 unspecified atom stereocenters. The quantitative estimate of drug-likeness (QED) is 0.630. The molecule has 0 saturated heterocycles. The van der Waals surface area contributed by atoms with Crippen LogP contribution in [0.3, 0.4) is 0 Å². The number of benzene rings is 2. The molecule has 5 heteroatoms. The lowest BCUT2D eigenvalue weighted by molar-refractivity contribution is -0.131. The Labute approximate surface area is 131 Å². The Balaban J connectivity index is 2.17. The first-order valence-corrected chi connectivity index (χ1v) is 7.49. The van der Waals surface area contributed by atoms with Crippen LogP contribution < -0.4 is 0 Å². The Bertz CT molecular complexity index is 686. The molecule has 0 fully saturated rings. The summed E-state index contributed by atoms with van der Waals surface area (Å²) in [6.07, 6.45) is 2.40. The molecule has 0 aliphatic carbocycles. The van der Waals surface area contributed by atoms with Crippen molar-refractivity contribution in [2.24, 2.45) is 0 Å². The van der Waals surface area contributed by atoms with Crippen LogP contribution in [0.25, 0.3) is 6.08 Å². The maximum Gasteiger partial charge on any atom is 0.328 e. The molecule has 0 amide bonds. The van der Waals surface area contributed by atoms with E-state index in [1.807, 2.05) is 18.2 Å². The van der Waals surface area contributed by atoms with Crippen LogP contribution in [0.4, 0.5) is 4.39 Å². The van der Waals surface area contributed by atoms with E-state index in [1.165, 1.54) is 18.2 Å². The van der Waals surface area contributed by atoms with Crippen LogP contribution in [0.15, 0.2) is 53.4 Å². The topological polar surface area (TPSA) is 37.3 Å². The van der Waals surface area contributed by atoms with Crippen molar-refractivity contribution >= 4 is 35.4 Å². The van der Waals surface area contributed by atoms with Crippen molar-refractivity contribution < 1.29 is 14.3 Å². The molecule has 2 rings (SSSR count). The summed E-state index contributed by atoms with van der Waals surface area (Å²) in [5.41, 5.74) is 1.42. The van der Waals surface area contributed by atoms with E-state index in [9.17, 15) is 9.18 Å². The molecule has 0 spiro atoms. The SMILES string of the molecule is O=C(O)C=Cc1cc(F)ccc1CSc1cccc(Cl)c1. The zero-order valence-electron chi connectivity index (χ0n) is 10.9. The number of hydrogen-bond donors (Lipinski definition) is 1. The molecule has 0 bridgehead atoms. The van der Waals surface area contributed by atoms with E-state index in [2.05, 4.69) is 0 Å². The Morgan fingerprint density at radius 1 is 1.29 bits per heavy atom. The predicted octanol–water partition coefficient (Wildman–Crippen LogP) is 4.87. The Morgan fingerprint density at radius 3 is 2.81 bits per heavy atom. The molecule has 2 aromatic carbocycles. The molecular weight excluding hydrogens is 311 g/mol. The molecule has 21 heavy (non-hydrogen) atoms. The van der Waals surface area contributed by atoms with Crippen molar-refractivity contribution in [2.45, 2.75) is 10.6 Å². The molecule has 0 aromatic heterocycles. The van der Waals surface area contributed by atoms with Gasteiger partial charge in [0.2, 0.25) is 0 Å². The first-order chi connectivity index (χ1) is 10.0. The third-order valence-electron chi connectivity index (χ3n) is 2.70. The van der Waals surface area contributed by atoms with Gasteiger partial charge in [0, 0.05) is 21.7 Å². The van der Waals surface area contributed by atoms with E-state index >= 15 is 0 Å². The third-order valence-corrected chi connectivity index (χ3v) is 3.98. The van der Waals surface area contributed by atoms with Crippen LogP contribution in [0, 0.1) is 5.82 Å². The van der Waals surface area contributed by atoms with Gasteiger partial charge >= 0.3 is 5.97 Å². The van der Waals surface area contributed by atoms with Crippen molar-refractivity contribution in [3.05, 3.63) is 70.5 Å². The van der Waals surface area contributed by atoms with E-state index in [1.54, 1.807) is 23.9 Å². The Hall–Kier alpha value is -1.78. The van der Waals surface area contributed by atoms with Crippen molar-refractivity contribution in [3.63, 3.8) is 0 Å². The average molecular weight is 323 g/mol. The molecule has 0 atom stereocenters.